The Bertz CT molecular complexity index is 732. The van der Waals surface area contributed by atoms with Crippen LogP contribution in [0.1, 0.15) is 30.0 Å². The number of morpholine rings is 1. The lowest BCUT2D eigenvalue weighted by Crippen LogP contribution is -2.47. The molecule has 0 saturated carbocycles. The zero-order valence-electron chi connectivity index (χ0n) is 15.4. The molecular formula is C20H28N2O3. The fourth-order valence-electron chi connectivity index (χ4n) is 3.30. The molecule has 5 nitrogen and oxygen atoms in total. The number of carbonyl (C=O) groups excluding carboxylic acids is 1. The Morgan fingerprint density at radius 2 is 1.96 bits per heavy atom. The molecule has 5 heteroatoms. The van der Waals surface area contributed by atoms with E-state index in [9.17, 15) is 4.79 Å². The van der Waals surface area contributed by atoms with E-state index in [1.165, 1.54) is 11.1 Å². The van der Waals surface area contributed by atoms with E-state index in [4.69, 9.17) is 9.15 Å². The largest absolute Gasteiger partial charge is 0.464 e. The van der Waals surface area contributed by atoms with Crippen LogP contribution < -0.4 is 5.32 Å². The second-order valence-electron chi connectivity index (χ2n) is 6.96. The molecular weight excluding hydrogens is 316 g/mol. The zero-order chi connectivity index (χ0) is 17.8. The van der Waals surface area contributed by atoms with Crippen LogP contribution in [0.4, 0.5) is 0 Å². The third-order valence-electron chi connectivity index (χ3n) is 5.06. The molecule has 1 unspecified atom stereocenters. The SMILES string of the molecule is CCC(CN1CCOCC1)NC(=O)Cc1coc2cc(C)c(C)cc12. The van der Waals surface area contributed by atoms with E-state index in [2.05, 4.69) is 37.1 Å². The van der Waals surface area contributed by atoms with Crippen molar-refractivity contribution < 1.29 is 13.9 Å². The number of hydrogen-bond donors (Lipinski definition) is 1. The first-order chi connectivity index (χ1) is 12.1. The molecule has 1 aromatic carbocycles. The molecule has 0 bridgehead atoms. The van der Waals surface area contributed by atoms with Crippen LogP contribution in [0.5, 0.6) is 0 Å². The van der Waals surface area contributed by atoms with Crippen molar-refractivity contribution in [1.29, 1.82) is 0 Å². The number of benzene rings is 1. The highest BCUT2D eigenvalue weighted by atomic mass is 16.5. The summed E-state index contributed by atoms with van der Waals surface area (Å²) in [6.07, 6.45) is 2.99. The fourth-order valence-corrected chi connectivity index (χ4v) is 3.30. The van der Waals surface area contributed by atoms with Gasteiger partial charge in [-0.15, -0.1) is 0 Å². The van der Waals surface area contributed by atoms with Crippen molar-refractivity contribution in [3.05, 3.63) is 35.1 Å². The quantitative estimate of drug-likeness (QED) is 0.875. The predicted molar refractivity (Wildman–Crippen MR) is 98.9 cm³/mol. The van der Waals surface area contributed by atoms with E-state index in [-0.39, 0.29) is 11.9 Å². The van der Waals surface area contributed by atoms with Crippen LogP contribution in [-0.2, 0) is 16.0 Å². The topological polar surface area (TPSA) is 54.7 Å². The molecule has 1 fully saturated rings. The number of hydrogen-bond acceptors (Lipinski definition) is 4. The van der Waals surface area contributed by atoms with Crippen LogP contribution in [0.15, 0.2) is 22.8 Å². The number of nitrogens with one attached hydrogen (secondary N) is 1. The maximum atomic E-state index is 12.5. The van der Waals surface area contributed by atoms with Gasteiger partial charge in [0.25, 0.3) is 0 Å². The summed E-state index contributed by atoms with van der Waals surface area (Å²) in [6.45, 7) is 10.6. The summed E-state index contributed by atoms with van der Waals surface area (Å²) in [5.74, 6) is 0.0565. The van der Waals surface area contributed by atoms with E-state index < -0.39 is 0 Å². The summed E-state index contributed by atoms with van der Waals surface area (Å²) < 4.78 is 11.0. The maximum Gasteiger partial charge on any atom is 0.224 e. The van der Waals surface area contributed by atoms with Gasteiger partial charge >= 0.3 is 0 Å². The Labute approximate surface area is 149 Å². The second-order valence-corrected chi connectivity index (χ2v) is 6.96. The maximum absolute atomic E-state index is 12.5. The highest BCUT2D eigenvalue weighted by Gasteiger charge is 2.18. The standard InChI is InChI=1S/C20H28N2O3/c1-4-17(12-22-5-7-24-8-6-22)21-20(23)11-16-13-25-19-10-15(3)14(2)9-18(16)19/h9-10,13,17H,4-8,11-12H2,1-3H3,(H,21,23). The molecule has 3 rings (SSSR count). The molecule has 136 valence electrons. The zero-order valence-corrected chi connectivity index (χ0v) is 15.4. The summed E-state index contributed by atoms with van der Waals surface area (Å²) in [4.78, 5) is 14.9. The smallest absolute Gasteiger partial charge is 0.224 e. The van der Waals surface area contributed by atoms with Crippen molar-refractivity contribution in [2.24, 2.45) is 0 Å². The summed E-state index contributed by atoms with van der Waals surface area (Å²) in [5, 5.41) is 4.22. The minimum atomic E-state index is 0.0565. The first-order valence-corrected chi connectivity index (χ1v) is 9.13. The molecule has 0 radical (unpaired) electrons. The van der Waals surface area contributed by atoms with E-state index in [0.717, 1.165) is 55.8 Å². The first kappa shape index (κ1) is 18.0. The van der Waals surface area contributed by atoms with Crippen LogP contribution in [0.3, 0.4) is 0 Å². The Morgan fingerprint density at radius 3 is 2.68 bits per heavy atom. The predicted octanol–water partition coefficient (Wildman–Crippen LogP) is 2.82. The van der Waals surface area contributed by atoms with Gasteiger partial charge in [-0.1, -0.05) is 6.92 Å². The van der Waals surface area contributed by atoms with Crippen molar-refractivity contribution >= 4 is 16.9 Å². The van der Waals surface area contributed by atoms with Gasteiger partial charge in [-0.25, -0.2) is 0 Å². The Balaban J connectivity index is 1.62. The second kappa shape index (κ2) is 8.02. The van der Waals surface area contributed by atoms with Crippen LogP contribution in [0.25, 0.3) is 11.0 Å². The van der Waals surface area contributed by atoms with Crippen molar-refractivity contribution in [3.63, 3.8) is 0 Å². The van der Waals surface area contributed by atoms with Crippen molar-refractivity contribution in [2.75, 3.05) is 32.8 Å². The van der Waals surface area contributed by atoms with Crippen molar-refractivity contribution in [2.45, 2.75) is 39.7 Å². The number of amides is 1. The molecule has 1 aliphatic rings. The number of nitrogens with zero attached hydrogens (tertiary/aromatic N) is 1. The Morgan fingerprint density at radius 1 is 1.24 bits per heavy atom. The molecule has 1 aliphatic heterocycles. The first-order valence-electron chi connectivity index (χ1n) is 9.13. The molecule has 25 heavy (non-hydrogen) atoms. The molecule has 1 N–H and O–H groups in total. The van der Waals surface area contributed by atoms with Crippen LogP contribution in [0.2, 0.25) is 0 Å². The third kappa shape index (κ3) is 4.41. The summed E-state index contributed by atoms with van der Waals surface area (Å²) >= 11 is 0. The number of fused-ring (bicyclic) bond motifs is 1. The lowest BCUT2D eigenvalue weighted by atomic mass is 10.0. The minimum Gasteiger partial charge on any atom is -0.464 e. The number of furan rings is 1. The van der Waals surface area contributed by atoms with Gasteiger partial charge < -0.3 is 14.5 Å². The van der Waals surface area contributed by atoms with Crippen molar-refractivity contribution in [1.82, 2.24) is 10.2 Å². The van der Waals surface area contributed by atoms with Crippen LogP contribution >= 0.6 is 0 Å². The van der Waals surface area contributed by atoms with Gasteiger partial charge in [-0.3, -0.25) is 9.69 Å². The number of rotatable bonds is 6. The molecule has 1 atom stereocenters. The van der Waals surface area contributed by atoms with Gasteiger partial charge in [0.2, 0.25) is 5.91 Å². The van der Waals surface area contributed by atoms with Crippen molar-refractivity contribution in [3.8, 4) is 0 Å². The third-order valence-corrected chi connectivity index (χ3v) is 5.06. The lowest BCUT2D eigenvalue weighted by Gasteiger charge is -2.30. The molecule has 1 amide bonds. The van der Waals surface area contributed by atoms with E-state index in [1.54, 1.807) is 6.26 Å². The van der Waals surface area contributed by atoms with E-state index in [0.29, 0.717) is 6.42 Å². The monoisotopic (exact) mass is 344 g/mol. The number of carbonyl (C=O) groups is 1. The van der Waals surface area contributed by atoms with Gasteiger partial charge in [0, 0.05) is 36.6 Å². The van der Waals surface area contributed by atoms with Gasteiger partial charge in [0.05, 0.1) is 25.9 Å². The van der Waals surface area contributed by atoms with Gasteiger partial charge in [-0.05, 0) is 43.5 Å². The van der Waals surface area contributed by atoms with Crippen LogP contribution in [0, 0.1) is 13.8 Å². The van der Waals surface area contributed by atoms with E-state index in [1.807, 2.05) is 6.07 Å². The van der Waals surface area contributed by atoms with Gasteiger partial charge in [0.1, 0.15) is 5.58 Å². The number of aryl methyl sites for hydroxylation is 2. The molecule has 0 spiro atoms. The number of ether oxygens (including phenoxy) is 1. The summed E-state index contributed by atoms with van der Waals surface area (Å²) in [7, 11) is 0. The highest BCUT2D eigenvalue weighted by Crippen LogP contribution is 2.25. The molecule has 1 aromatic heterocycles. The fraction of sp³-hybridized carbons (Fsp3) is 0.550. The lowest BCUT2D eigenvalue weighted by molar-refractivity contribution is -0.121. The van der Waals surface area contributed by atoms with Gasteiger partial charge in [0.15, 0.2) is 0 Å². The Kier molecular flexibility index (Phi) is 5.76. The minimum absolute atomic E-state index is 0.0565. The molecule has 0 aliphatic carbocycles. The summed E-state index contributed by atoms with van der Waals surface area (Å²) in [6, 6.07) is 4.33. The average Bonchev–Trinajstić information content (AvgIpc) is 2.97. The van der Waals surface area contributed by atoms with E-state index >= 15 is 0 Å². The average molecular weight is 344 g/mol. The molecule has 2 heterocycles. The van der Waals surface area contributed by atoms with Crippen LogP contribution in [-0.4, -0.2) is 49.7 Å². The Hall–Kier alpha value is -1.85. The van der Waals surface area contributed by atoms with Gasteiger partial charge in [-0.2, -0.15) is 0 Å². The summed E-state index contributed by atoms with van der Waals surface area (Å²) in [5.41, 5.74) is 4.23. The molecule has 1 saturated heterocycles. The highest BCUT2D eigenvalue weighted by molar-refractivity contribution is 5.88. The molecule has 2 aromatic rings. The normalized spacial score (nSPS) is 16.9.